The van der Waals surface area contributed by atoms with Crippen molar-refractivity contribution in [2.45, 2.75) is 19.3 Å². The molecule has 1 aliphatic rings. The average molecular weight is 343 g/mol. The van der Waals surface area contributed by atoms with Gasteiger partial charge in [0.2, 0.25) is 5.91 Å². The highest BCUT2D eigenvalue weighted by Crippen LogP contribution is 2.18. The van der Waals surface area contributed by atoms with Crippen LogP contribution >= 0.6 is 11.3 Å². The number of nitrogens with zero attached hydrogens (tertiary/aromatic N) is 2. The Kier molecular flexibility index (Phi) is 5.00. The third kappa shape index (κ3) is 4.05. The van der Waals surface area contributed by atoms with Crippen LogP contribution in [0, 0.1) is 0 Å². The summed E-state index contributed by atoms with van der Waals surface area (Å²) in [6.07, 6.45) is 1.06. The Bertz CT molecular complexity index is 747. The van der Waals surface area contributed by atoms with E-state index in [4.69, 9.17) is 0 Å². The molecule has 1 fully saturated rings. The first-order valence-electron chi connectivity index (χ1n) is 7.72. The van der Waals surface area contributed by atoms with Crippen molar-refractivity contribution in [1.82, 2.24) is 9.88 Å². The van der Waals surface area contributed by atoms with Gasteiger partial charge in [0.15, 0.2) is 5.13 Å². The van der Waals surface area contributed by atoms with Crippen molar-refractivity contribution in [2.24, 2.45) is 0 Å². The maximum Gasteiger partial charge on any atom is 0.273 e. The maximum atomic E-state index is 12.3. The number of ketones is 1. The summed E-state index contributed by atoms with van der Waals surface area (Å²) in [5, 5.41) is 4.76. The molecule has 124 valence electrons. The molecule has 0 saturated carbocycles. The predicted molar refractivity (Wildman–Crippen MR) is 91.0 cm³/mol. The summed E-state index contributed by atoms with van der Waals surface area (Å²) in [6.45, 7) is 0.871. The van der Waals surface area contributed by atoms with Gasteiger partial charge in [-0.25, -0.2) is 4.98 Å². The summed E-state index contributed by atoms with van der Waals surface area (Å²) in [5.74, 6) is -0.174. The molecule has 0 unspecified atom stereocenters. The molecule has 2 heterocycles. The first kappa shape index (κ1) is 16.3. The lowest BCUT2D eigenvalue weighted by molar-refractivity contribution is -0.121. The zero-order chi connectivity index (χ0) is 16.9. The molecule has 0 bridgehead atoms. The molecule has 0 spiro atoms. The number of amides is 2. The van der Waals surface area contributed by atoms with Crippen LogP contribution in [0.2, 0.25) is 0 Å². The second-order valence-corrected chi connectivity index (χ2v) is 6.44. The normalized spacial score (nSPS) is 14.5. The van der Waals surface area contributed by atoms with E-state index in [0.717, 1.165) is 5.56 Å². The Balaban J connectivity index is 1.58. The Morgan fingerprint density at radius 3 is 2.58 bits per heavy atom. The van der Waals surface area contributed by atoms with E-state index < -0.39 is 0 Å². The average Bonchev–Trinajstić information content (AvgIpc) is 3.04. The standard InChI is InChI=1S/C17H17N3O3S/c21-13-6-8-20(9-7-13)16(23)14-11-24-17(18-14)19-15(22)10-12-4-2-1-3-5-12/h1-5,11H,6-10H2,(H,18,19,22). The zero-order valence-electron chi connectivity index (χ0n) is 13.0. The van der Waals surface area contributed by atoms with Crippen molar-refractivity contribution < 1.29 is 14.4 Å². The molecule has 1 aromatic carbocycles. The highest BCUT2D eigenvalue weighted by molar-refractivity contribution is 7.14. The molecule has 0 aliphatic carbocycles. The first-order valence-corrected chi connectivity index (χ1v) is 8.60. The minimum atomic E-state index is -0.192. The molecule has 0 atom stereocenters. The van der Waals surface area contributed by atoms with Crippen LogP contribution in [0.15, 0.2) is 35.7 Å². The molecule has 1 N–H and O–H groups in total. The lowest BCUT2D eigenvalue weighted by atomic mass is 10.1. The minimum absolute atomic E-state index is 0.168. The summed E-state index contributed by atoms with van der Waals surface area (Å²) < 4.78 is 0. The van der Waals surface area contributed by atoms with Crippen molar-refractivity contribution in [1.29, 1.82) is 0 Å². The molecule has 6 nitrogen and oxygen atoms in total. The maximum absolute atomic E-state index is 12.3. The quantitative estimate of drug-likeness (QED) is 0.922. The van der Waals surface area contributed by atoms with Crippen molar-refractivity contribution >= 4 is 34.1 Å². The van der Waals surface area contributed by atoms with E-state index in [0.29, 0.717) is 36.8 Å². The fourth-order valence-electron chi connectivity index (χ4n) is 2.50. The van der Waals surface area contributed by atoms with Crippen molar-refractivity contribution in [2.75, 3.05) is 18.4 Å². The van der Waals surface area contributed by atoms with Crippen LogP contribution < -0.4 is 5.32 Å². The van der Waals surface area contributed by atoms with Gasteiger partial charge in [-0.05, 0) is 5.56 Å². The monoisotopic (exact) mass is 343 g/mol. The molecular weight excluding hydrogens is 326 g/mol. The van der Waals surface area contributed by atoms with E-state index in [1.807, 2.05) is 30.3 Å². The van der Waals surface area contributed by atoms with Crippen LogP contribution in [0.1, 0.15) is 28.9 Å². The summed E-state index contributed by atoms with van der Waals surface area (Å²) in [6, 6.07) is 9.43. The van der Waals surface area contributed by atoms with E-state index in [2.05, 4.69) is 10.3 Å². The summed E-state index contributed by atoms with van der Waals surface area (Å²) in [7, 11) is 0. The van der Waals surface area contributed by atoms with Crippen molar-refractivity contribution in [3.05, 3.63) is 47.0 Å². The number of thiazole rings is 1. The highest BCUT2D eigenvalue weighted by atomic mass is 32.1. The second-order valence-electron chi connectivity index (χ2n) is 5.58. The van der Waals surface area contributed by atoms with Gasteiger partial charge in [0.25, 0.3) is 5.91 Å². The van der Waals surface area contributed by atoms with E-state index >= 15 is 0 Å². The molecule has 2 aromatic rings. The molecular formula is C17H17N3O3S. The number of hydrogen-bond donors (Lipinski definition) is 1. The topological polar surface area (TPSA) is 79.4 Å². The van der Waals surface area contributed by atoms with Crippen LogP contribution in [0.3, 0.4) is 0 Å². The van der Waals surface area contributed by atoms with Crippen molar-refractivity contribution in [3.63, 3.8) is 0 Å². The number of rotatable bonds is 4. The molecule has 0 radical (unpaired) electrons. The lowest BCUT2D eigenvalue weighted by Gasteiger charge is -2.25. The van der Waals surface area contributed by atoms with Gasteiger partial charge >= 0.3 is 0 Å². The van der Waals surface area contributed by atoms with E-state index in [-0.39, 0.29) is 24.0 Å². The van der Waals surface area contributed by atoms with E-state index in [1.165, 1.54) is 11.3 Å². The number of aromatic nitrogens is 1. The Morgan fingerprint density at radius 2 is 1.88 bits per heavy atom. The van der Waals surface area contributed by atoms with Gasteiger partial charge < -0.3 is 10.2 Å². The molecule has 1 aromatic heterocycles. The van der Waals surface area contributed by atoms with Crippen LogP contribution in [-0.4, -0.2) is 40.6 Å². The second kappa shape index (κ2) is 7.35. The molecule has 1 aliphatic heterocycles. The zero-order valence-corrected chi connectivity index (χ0v) is 13.8. The van der Waals surface area contributed by atoms with Crippen LogP contribution in [0.25, 0.3) is 0 Å². The Labute approximate surface area is 143 Å². The third-order valence-electron chi connectivity index (χ3n) is 3.79. The van der Waals surface area contributed by atoms with E-state index in [9.17, 15) is 14.4 Å². The number of hydrogen-bond acceptors (Lipinski definition) is 5. The molecule has 2 amide bonds. The Morgan fingerprint density at radius 1 is 1.17 bits per heavy atom. The SMILES string of the molecule is O=C1CCN(C(=O)c2csc(NC(=O)Cc3ccccc3)n2)CC1. The fraction of sp³-hybridized carbons (Fsp3) is 0.294. The van der Waals surface area contributed by atoms with Gasteiger partial charge in [0.1, 0.15) is 11.5 Å². The minimum Gasteiger partial charge on any atom is -0.336 e. The number of anilines is 1. The summed E-state index contributed by atoms with van der Waals surface area (Å²) in [4.78, 5) is 41.4. The van der Waals surface area contributed by atoms with Gasteiger partial charge in [0.05, 0.1) is 6.42 Å². The largest absolute Gasteiger partial charge is 0.336 e. The van der Waals surface area contributed by atoms with Gasteiger partial charge in [-0.2, -0.15) is 0 Å². The molecule has 1 saturated heterocycles. The number of carbonyl (C=O) groups excluding carboxylic acids is 3. The molecule has 3 rings (SSSR count). The predicted octanol–water partition coefficient (Wildman–Crippen LogP) is 2.13. The number of benzene rings is 1. The van der Waals surface area contributed by atoms with Crippen LogP contribution in [0.4, 0.5) is 5.13 Å². The van der Waals surface area contributed by atoms with Gasteiger partial charge in [-0.3, -0.25) is 14.4 Å². The smallest absolute Gasteiger partial charge is 0.273 e. The molecule has 24 heavy (non-hydrogen) atoms. The first-order chi connectivity index (χ1) is 11.6. The fourth-order valence-corrected chi connectivity index (χ4v) is 3.20. The third-order valence-corrected chi connectivity index (χ3v) is 4.54. The Hall–Kier alpha value is -2.54. The lowest BCUT2D eigenvalue weighted by Crippen LogP contribution is -2.38. The number of carbonyl (C=O) groups is 3. The molecule has 7 heteroatoms. The van der Waals surface area contributed by atoms with Gasteiger partial charge in [0, 0.05) is 31.3 Å². The number of nitrogens with one attached hydrogen (secondary N) is 1. The summed E-state index contributed by atoms with van der Waals surface area (Å²) >= 11 is 1.22. The number of piperidine rings is 1. The van der Waals surface area contributed by atoms with Crippen molar-refractivity contribution in [3.8, 4) is 0 Å². The van der Waals surface area contributed by atoms with Gasteiger partial charge in [-0.15, -0.1) is 11.3 Å². The number of Topliss-reactive ketones (excluding diaryl/α,β-unsaturated/α-hetero) is 1. The van der Waals surface area contributed by atoms with E-state index in [1.54, 1.807) is 10.3 Å². The highest BCUT2D eigenvalue weighted by Gasteiger charge is 2.23. The van der Waals surface area contributed by atoms with Crippen LogP contribution in [-0.2, 0) is 16.0 Å². The van der Waals surface area contributed by atoms with Crippen LogP contribution in [0.5, 0.6) is 0 Å². The number of likely N-dealkylation sites (tertiary alicyclic amines) is 1. The summed E-state index contributed by atoms with van der Waals surface area (Å²) in [5.41, 5.74) is 1.23. The van der Waals surface area contributed by atoms with Gasteiger partial charge in [-0.1, -0.05) is 30.3 Å².